The number of H-pyrrole nitrogens is 1. The summed E-state index contributed by atoms with van der Waals surface area (Å²) in [5.74, 6) is 1.71. The van der Waals surface area contributed by atoms with Gasteiger partial charge < -0.3 is 29.2 Å². The Kier molecular flexibility index (Phi) is 5.29. The molecule has 0 saturated heterocycles. The molecule has 0 aliphatic carbocycles. The first-order valence-corrected chi connectivity index (χ1v) is 11.7. The number of phenols is 1. The molecular weight excluding hydrogens is 464 g/mol. The highest BCUT2D eigenvalue weighted by Crippen LogP contribution is 2.49. The molecule has 0 saturated carbocycles. The number of halogens is 1. The summed E-state index contributed by atoms with van der Waals surface area (Å²) in [6.07, 6.45) is 0. The van der Waals surface area contributed by atoms with E-state index in [1.807, 2.05) is 13.0 Å². The van der Waals surface area contributed by atoms with Crippen LogP contribution >= 0.6 is 22.9 Å². The molecule has 2 aromatic heterocycles. The number of anilines is 1. The van der Waals surface area contributed by atoms with Gasteiger partial charge in [-0.3, -0.25) is 4.79 Å². The number of aromatic nitrogens is 1. The van der Waals surface area contributed by atoms with Crippen molar-refractivity contribution < 1.29 is 24.1 Å². The van der Waals surface area contributed by atoms with Crippen molar-refractivity contribution in [1.82, 2.24) is 4.98 Å². The van der Waals surface area contributed by atoms with Crippen LogP contribution in [-0.4, -0.2) is 49.8 Å². The molecule has 0 spiro atoms. The Morgan fingerprint density at radius 3 is 2.61 bits per heavy atom. The number of alkyl halides is 1. The summed E-state index contributed by atoms with van der Waals surface area (Å²) < 4.78 is 17.4. The fourth-order valence-corrected chi connectivity index (χ4v) is 6.06. The van der Waals surface area contributed by atoms with Gasteiger partial charge in [-0.1, -0.05) is 0 Å². The molecule has 1 unspecified atom stereocenters. The zero-order chi connectivity index (χ0) is 23.4. The minimum atomic E-state index is -0.216. The number of carbonyl (C=O) groups is 1. The lowest BCUT2D eigenvalue weighted by molar-refractivity contribution is 0.0984. The minimum Gasteiger partial charge on any atom is -0.507 e. The van der Waals surface area contributed by atoms with Crippen molar-refractivity contribution in [3.63, 3.8) is 0 Å². The second kappa shape index (κ2) is 8.04. The number of methoxy groups -OCH3 is 3. The summed E-state index contributed by atoms with van der Waals surface area (Å²) in [6.45, 7) is 2.44. The first-order chi connectivity index (χ1) is 15.9. The molecule has 5 rings (SSSR count). The second-order valence-corrected chi connectivity index (χ2v) is 9.55. The summed E-state index contributed by atoms with van der Waals surface area (Å²) in [6, 6.07) is 7.20. The van der Waals surface area contributed by atoms with Crippen LogP contribution in [0.1, 0.15) is 26.8 Å². The van der Waals surface area contributed by atoms with Gasteiger partial charge in [0.25, 0.3) is 5.91 Å². The third kappa shape index (κ3) is 3.20. The fraction of sp³-hybridized carbons (Fsp3) is 0.292. The van der Waals surface area contributed by atoms with Crippen molar-refractivity contribution in [1.29, 1.82) is 0 Å². The lowest BCUT2D eigenvalue weighted by atomic mass is 10.0. The Morgan fingerprint density at radius 1 is 1.18 bits per heavy atom. The number of amides is 1. The van der Waals surface area contributed by atoms with Crippen LogP contribution in [0.15, 0.2) is 24.3 Å². The lowest BCUT2D eigenvalue weighted by Gasteiger charge is -2.17. The van der Waals surface area contributed by atoms with E-state index in [1.165, 1.54) is 14.2 Å². The molecular formula is C24H23ClN2O5S. The van der Waals surface area contributed by atoms with Crippen molar-refractivity contribution >= 4 is 55.5 Å². The Balaban J connectivity index is 1.64. The fourth-order valence-electron chi connectivity index (χ4n) is 4.66. The Hall–Kier alpha value is -3.10. The number of aryl methyl sites for hydroxylation is 1. The van der Waals surface area contributed by atoms with E-state index in [1.54, 1.807) is 41.5 Å². The number of thiophene rings is 1. The molecule has 0 bridgehead atoms. The number of rotatable bonds is 5. The molecule has 1 aliphatic heterocycles. The van der Waals surface area contributed by atoms with Crippen LogP contribution < -0.4 is 19.1 Å². The van der Waals surface area contributed by atoms with E-state index in [-0.39, 0.29) is 17.6 Å². The van der Waals surface area contributed by atoms with E-state index in [0.29, 0.717) is 46.6 Å². The van der Waals surface area contributed by atoms with E-state index in [9.17, 15) is 9.90 Å². The molecule has 1 aliphatic rings. The molecule has 9 heteroatoms. The number of aromatic hydroxyl groups is 1. The largest absolute Gasteiger partial charge is 0.507 e. The van der Waals surface area contributed by atoms with Crippen LogP contribution in [0.4, 0.5) is 5.69 Å². The van der Waals surface area contributed by atoms with Gasteiger partial charge in [0.2, 0.25) is 5.75 Å². The average molecular weight is 487 g/mol. The molecule has 2 N–H and O–H groups in total. The summed E-state index contributed by atoms with van der Waals surface area (Å²) in [4.78, 5) is 19.6. The molecule has 0 radical (unpaired) electrons. The van der Waals surface area contributed by atoms with E-state index in [2.05, 4.69) is 4.98 Å². The van der Waals surface area contributed by atoms with E-state index >= 15 is 0 Å². The standard InChI is InChI=1S/C24H23ClN2O5S/c1-11-5-14-17(28)8-16-19(23(14)33-11)13(9-25)10-27(16)24(29)15-6-12-7-18(30-2)21(31-3)22(32-4)20(12)26-15/h5-8,13,26,28H,9-10H2,1-4H3. The third-order valence-electron chi connectivity index (χ3n) is 6.11. The van der Waals surface area contributed by atoms with Crippen molar-refractivity contribution in [3.05, 3.63) is 40.4 Å². The molecule has 33 heavy (non-hydrogen) atoms. The van der Waals surface area contributed by atoms with E-state index < -0.39 is 0 Å². The zero-order valence-electron chi connectivity index (χ0n) is 18.6. The van der Waals surface area contributed by atoms with E-state index in [0.717, 1.165) is 25.9 Å². The van der Waals surface area contributed by atoms with Gasteiger partial charge in [0, 0.05) is 50.3 Å². The molecule has 1 atom stereocenters. The molecule has 2 aromatic carbocycles. The number of nitrogens with zero attached hydrogens (tertiary/aromatic N) is 1. The Labute approximate surface area is 199 Å². The summed E-state index contributed by atoms with van der Waals surface area (Å²) in [5.41, 5.74) is 2.74. The van der Waals surface area contributed by atoms with Crippen LogP contribution in [0.5, 0.6) is 23.0 Å². The maximum atomic E-state index is 13.7. The first kappa shape index (κ1) is 21.7. The highest BCUT2D eigenvalue weighted by Gasteiger charge is 2.36. The van der Waals surface area contributed by atoms with Gasteiger partial charge in [-0.2, -0.15) is 0 Å². The number of nitrogens with one attached hydrogen (secondary N) is 1. The van der Waals surface area contributed by atoms with Crippen LogP contribution in [0.2, 0.25) is 0 Å². The predicted octanol–water partition coefficient (Wildman–Crippen LogP) is 5.41. The monoisotopic (exact) mass is 486 g/mol. The van der Waals surface area contributed by atoms with Gasteiger partial charge in [0.15, 0.2) is 11.5 Å². The number of carbonyl (C=O) groups excluding carboxylic acids is 1. The summed E-state index contributed by atoms with van der Waals surface area (Å²) in [5, 5.41) is 12.2. The van der Waals surface area contributed by atoms with Crippen LogP contribution in [0, 0.1) is 6.92 Å². The smallest absolute Gasteiger partial charge is 0.274 e. The number of phenolic OH excluding ortho intramolecular Hbond substituents is 1. The molecule has 4 aromatic rings. The highest BCUT2D eigenvalue weighted by molar-refractivity contribution is 7.19. The normalized spacial score (nSPS) is 15.3. The number of hydrogen-bond acceptors (Lipinski definition) is 6. The highest BCUT2D eigenvalue weighted by atomic mass is 35.5. The average Bonchev–Trinajstić information content (AvgIpc) is 3.51. The van der Waals surface area contributed by atoms with Crippen LogP contribution in [-0.2, 0) is 0 Å². The lowest BCUT2D eigenvalue weighted by Crippen LogP contribution is -2.30. The van der Waals surface area contributed by atoms with Gasteiger partial charge in [-0.05, 0) is 25.1 Å². The topological polar surface area (TPSA) is 84.0 Å². The van der Waals surface area contributed by atoms with Crippen LogP contribution in [0.3, 0.4) is 0 Å². The number of hydrogen-bond donors (Lipinski definition) is 2. The van der Waals surface area contributed by atoms with Gasteiger partial charge >= 0.3 is 0 Å². The summed E-state index contributed by atoms with van der Waals surface area (Å²) in [7, 11) is 4.63. The minimum absolute atomic E-state index is 0.0223. The molecule has 172 valence electrons. The number of ether oxygens (including phenoxy) is 3. The van der Waals surface area contributed by atoms with Crippen molar-refractivity contribution in [2.45, 2.75) is 12.8 Å². The van der Waals surface area contributed by atoms with Crippen molar-refractivity contribution in [2.75, 3.05) is 38.7 Å². The van der Waals surface area contributed by atoms with Gasteiger partial charge in [-0.25, -0.2) is 0 Å². The van der Waals surface area contributed by atoms with Crippen LogP contribution in [0.25, 0.3) is 21.0 Å². The number of aromatic amines is 1. The van der Waals surface area contributed by atoms with Crippen molar-refractivity contribution in [3.8, 4) is 23.0 Å². The predicted molar refractivity (Wildman–Crippen MR) is 131 cm³/mol. The molecule has 7 nitrogen and oxygen atoms in total. The van der Waals surface area contributed by atoms with Gasteiger partial charge in [0.1, 0.15) is 11.4 Å². The number of fused-ring (bicyclic) bond motifs is 4. The first-order valence-electron chi connectivity index (χ1n) is 10.4. The second-order valence-electron chi connectivity index (χ2n) is 7.99. The Bertz CT molecular complexity index is 1410. The quantitative estimate of drug-likeness (QED) is 0.369. The molecule has 3 heterocycles. The molecule has 1 amide bonds. The summed E-state index contributed by atoms with van der Waals surface area (Å²) >= 11 is 7.93. The maximum absolute atomic E-state index is 13.7. The van der Waals surface area contributed by atoms with Gasteiger partial charge in [0.05, 0.1) is 32.5 Å². The molecule has 0 fully saturated rings. The van der Waals surface area contributed by atoms with E-state index in [4.69, 9.17) is 25.8 Å². The zero-order valence-corrected chi connectivity index (χ0v) is 20.2. The maximum Gasteiger partial charge on any atom is 0.274 e. The van der Waals surface area contributed by atoms with Crippen molar-refractivity contribution in [2.24, 2.45) is 0 Å². The Morgan fingerprint density at radius 2 is 1.94 bits per heavy atom. The third-order valence-corrected chi connectivity index (χ3v) is 7.57. The number of benzene rings is 2. The SMILES string of the molecule is COc1cc2cc(C(=O)N3CC(CCl)c4c3cc(O)c3cc(C)sc43)[nH]c2c(OC)c1OC. The van der Waals surface area contributed by atoms with Gasteiger partial charge in [-0.15, -0.1) is 22.9 Å².